The molecule has 0 saturated heterocycles. The minimum absolute atomic E-state index is 0.130. The van der Waals surface area contributed by atoms with Crippen molar-refractivity contribution in [3.05, 3.63) is 84.4 Å². The summed E-state index contributed by atoms with van der Waals surface area (Å²) in [5.41, 5.74) is 2.85. The highest BCUT2D eigenvalue weighted by atomic mass is 32.1. The molecule has 0 aliphatic rings. The van der Waals surface area contributed by atoms with Crippen molar-refractivity contribution in [3.63, 3.8) is 0 Å². The van der Waals surface area contributed by atoms with E-state index in [2.05, 4.69) is 47.7 Å². The lowest BCUT2D eigenvalue weighted by Crippen LogP contribution is -2.17. The highest BCUT2D eigenvalue weighted by Gasteiger charge is 2.06. The maximum Gasteiger partial charge on any atom is 0.159 e. The summed E-state index contributed by atoms with van der Waals surface area (Å²) < 4.78 is 0.832. The first-order chi connectivity index (χ1) is 14.1. The number of rotatable bonds is 9. The van der Waals surface area contributed by atoms with Gasteiger partial charge in [0.15, 0.2) is 11.5 Å². The van der Waals surface area contributed by atoms with Gasteiger partial charge in [0.1, 0.15) is 5.01 Å². The molecular weight excluding hydrogens is 380 g/mol. The number of hydrogen-bond donors (Lipinski definition) is 3. The molecular formula is C24H24N2O2S. The Hall–Kier alpha value is -3.31. The predicted molar refractivity (Wildman–Crippen MR) is 124 cm³/mol. The molecule has 0 unspecified atom stereocenters. The molecule has 0 spiro atoms. The van der Waals surface area contributed by atoms with Crippen LogP contribution in [0.3, 0.4) is 0 Å². The van der Waals surface area contributed by atoms with E-state index >= 15 is 0 Å². The third-order valence-corrected chi connectivity index (χ3v) is 5.31. The Balaban J connectivity index is 1.61. The topological polar surface area (TPSA) is 65.4 Å². The van der Waals surface area contributed by atoms with Gasteiger partial charge in [0.2, 0.25) is 0 Å². The zero-order valence-electron chi connectivity index (χ0n) is 16.1. The minimum Gasteiger partial charge on any atom is -0.504 e. The smallest absolute Gasteiger partial charge is 0.159 e. The van der Waals surface area contributed by atoms with E-state index in [1.54, 1.807) is 0 Å². The van der Waals surface area contributed by atoms with Crippen LogP contribution in [0.5, 0.6) is 11.5 Å². The van der Waals surface area contributed by atoms with E-state index in [1.807, 2.05) is 36.5 Å². The summed E-state index contributed by atoms with van der Waals surface area (Å²) in [4.78, 5) is 4.43. The van der Waals surface area contributed by atoms with Gasteiger partial charge >= 0.3 is 0 Å². The Morgan fingerprint density at radius 1 is 0.966 bits per heavy atom. The van der Waals surface area contributed by atoms with Crippen molar-refractivity contribution in [2.45, 2.75) is 18.9 Å². The number of aromatic nitrogens is 1. The number of benzene rings is 2. The van der Waals surface area contributed by atoms with Crippen LogP contribution >= 0.6 is 11.3 Å². The average molecular weight is 405 g/mol. The normalized spacial score (nSPS) is 11.6. The molecule has 1 heterocycles. The Kier molecular flexibility index (Phi) is 6.87. The van der Waals surface area contributed by atoms with E-state index in [0.717, 1.165) is 33.8 Å². The van der Waals surface area contributed by atoms with E-state index < -0.39 is 0 Å². The Bertz CT molecular complexity index is 1000. The number of anilines is 1. The van der Waals surface area contributed by atoms with Gasteiger partial charge in [-0.25, -0.2) is 4.98 Å². The van der Waals surface area contributed by atoms with Crippen molar-refractivity contribution >= 4 is 39.4 Å². The number of hydrogen-bond acceptors (Lipinski definition) is 5. The zero-order chi connectivity index (χ0) is 20.6. The van der Waals surface area contributed by atoms with Crippen LogP contribution in [0, 0.1) is 0 Å². The van der Waals surface area contributed by atoms with Crippen LogP contribution in [0.15, 0.2) is 73.9 Å². The second kappa shape index (κ2) is 9.75. The number of nitrogens with one attached hydrogen (secondary N) is 1. The Morgan fingerprint density at radius 2 is 1.62 bits per heavy atom. The fourth-order valence-electron chi connectivity index (χ4n) is 2.89. The van der Waals surface area contributed by atoms with Crippen LogP contribution < -0.4 is 5.32 Å². The maximum atomic E-state index is 9.57. The minimum atomic E-state index is -0.156. The SMILES string of the molecule is C=CCC(CC=C)Nc1ccc(/C=C/C=C/c2nc3cc(O)c(O)cc3s2)cc1. The van der Waals surface area contributed by atoms with Crippen molar-refractivity contribution in [2.24, 2.45) is 0 Å². The van der Waals surface area contributed by atoms with Crippen LogP contribution in [0.4, 0.5) is 5.69 Å². The average Bonchev–Trinajstić information content (AvgIpc) is 3.08. The van der Waals surface area contributed by atoms with Gasteiger partial charge in [-0.05, 0) is 36.6 Å². The highest BCUT2D eigenvalue weighted by molar-refractivity contribution is 7.19. The number of aromatic hydroxyl groups is 2. The summed E-state index contributed by atoms with van der Waals surface area (Å²) in [6, 6.07) is 11.6. The fraction of sp³-hybridized carbons (Fsp3) is 0.125. The number of phenolic OH excluding ortho intramolecular Hbond substituents is 2. The van der Waals surface area contributed by atoms with Crippen LogP contribution in [0.25, 0.3) is 22.4 Å². The standard InChI is InChI=1S/C24H24N2O2S/c1-3-7-18(8-4-2)25-19-13-11-17(12-14-19)9-5-6-10-24-26-20-15-21(27)22(28)16-23(20)29-24/h3-6,9-16,18,25,27-28H,1-2,7-8H2/b9-5+,10-6+. The van der Waals surface area contributed by atoms with Gasteiger partial charge < -0.3 is 15.5 Å². The summed E-state index contributed by atoms with van der Waals surface area (Å²) in [7, 11) is 0. The molecule has 0 aliphatic heterocycles. The molecule has 3 aromatic rings. The lowest BCUT2D eigenvalue weighted by atomic mass is 10.1. The molecule has 0 amide bonds. The third-order valence-electron chi connectivity index (χ3n) is 4.32. The molecule has 0 fully saturated rings. The molecule has 4 nitrogen and oxygen atoms in total. The molecule has 5 heteroatoms. The summed E-state index contributed by atoms with van der Waals surface area (Å²) in [6.07, 6.45) is 13.4. The van der Waals surface area contributed by atoms with E-state index in [1.165, 1.54) is 23.5 Å². The first kappa shape index (κ1) is 20.4. The third kappa shape index (κ3) is 5.59. The number of allylic oxidation sites excluding steroid dienone is 2. The van der Waals surface area contributed by atoms with Crippen molar-refractivity contribution in [2.75, 3.05) is 5.32 Å². The van der Waals surface area contributed by atoms with Gasteiger partial charge in [-0.2, -0.15) is 0 Å². The molecule has 29 heavy (non-hydrogen) atoms. The molecule has 0 radical (unpaired) electrons. The van der Waals surface area contributed by atoms with Gasteiger partial charge in [0.25, 0.3) is 0 Å². The maximum absolute atomic E-state index is 9.57. The van der Waals surface area contributed by atoms with Crippen LogP contribution in [0.2, 0.25) is 0 Å². The van der Waals surface area contributed by atoms with Crippen LogP contribution in [0.1, 0.15) is 23.4 Å². The van der Waals surface area contributed by atoms with Gasteiger partial charge in [-0.3, -0.25) is 0 Å². The van der Waals surface area contributed by atoms with E-state index in [9.17, 15) is 10.2 Å². The van der Waals surface area contributed by atoms with Crippen molar-refractivity contribution in [1.29, 1.82) is 0 Å². The Morgan fingerprint density at radius 3 is 2.31 bits per heavy atom. The first-order valence-corrected chi connectivity index (χ1v) is 10.2. The van der Waals surface area contributed by atoms with Crippen molar-refractivity contribution in [1.82, 2.24) is 4.98 Å². The van der Waals surface area contributed by atoms with E-state index in [-0.39, 0.29) is 11.5 Å². The van der Waals surface area contributed by atoms with Gasteiger partial charge in [0.05, 0.1) is 10.2 Å². The molecule has 3 N–H and O–H groups in total. The molecule has 0 atom stereocenters. The van der Waals surface area contributed by atoms with Gasteiger partial charge in [-0.1, -0.05) is 42.5 Å². The van der Waals surface area contributed by atoms with Crippen LogP contribution in [-0.2, 0) is 0 Å². The quantitative estimate of drug-likeness (QED) is 0.220. The molecule has 148 valence electrons. The summed E-state index contributed by atoms with van der Waals surface area (Å²) >= 11 is 1.46. The van der Waals surface area contributed by atoms with E-state index in [0.29, 0.717) is 11.6 Å². The molecule has 0 bridgehead atoms. The number of phenols is 2. The lowest BCUT2D eigenvalue weighted by Gasteiger charge is -2.16. The van der Waals surface area contributed by atoms with Crippen molar-refractivity contribution < 1.29 is 10.2 Å². The highest BCUT2D eigenvalue weighted by Crippen LogP contribution is 2.33. The fourth-order valence-corrected chi connectivity index (χ4v) is 3.78. The number of nitrogens with zero attached hydrogens (tertiary/aromatic N) is 1. The molecule has 1 aromatic heterocycles. The summed E-state index contributed by atoms with van der Waals surface area (Å²) in [5, 5.41) is 23.4. The zero-order valence-corrected chi connectivity index (χ0v) is 16.9. The Labute approximate surface area is 174 Å². The second-order valence-corrected chi connectivity index (χ2v) is 7.65. The van der Waals surface area contributed by atoms with Crippen molar-refractivity contribution in [3.8, 4) is 11.5 Å². The molecule has 2 aromatic carbocycles. The van der Waals surface area contributed by atoms with Gasteiger partial charge in [-0.15, -0.1) is 24.5 Å². The predicted octanol–water partition coefficient (Wildman–Crippen LogP) is 6.37. The summed E-state index contributed by atoms with van der Waals surface area (Å²) in [6.45, 7) is 7.61. The lowest BCUT2D eigenvalue weighted by molar-refractivity contribution is 0.405. The molecule has 3 rings (SSSR count). The second-order valence-electron chi connectivity index (χ2n) is 6.59. The summed E-state index contributed by atoms with van der Waals surface area (Å²) in [5.74, 6) is -0.286. The van der Waals surface area contributed by atoms with Gasteiger partial charge in [0, 0.05) is 23.9 Å². The molecule has 0 saturated carbocycles. The number of thiazole rings is 1. The van der Waals surface area contributed by atoms with Crippen LogP contribution in [-0.4, -0.2) is 21.2 Å². The largest absolute Gasteiger partial charge is 0.504 e. The van der Waals surface area contributed by atoms with E-state index in [4.69, 9.17) is 0 Å². The molecule has 0 aliphatic carbocycles. The first-order valence-electron chi connectivity index (χ1n) is 9.34. The monoisotopic (exact) mass is 404 g/mol. The number of fused-ring (bicyclic) bond motifs is 1.